The number of nitrogens with zero attached hydrogens (tertiary/aromatic N) is 2. The molecule has 144 valence electrons. The van der Waals surface area contributed by atoms with E-state index in [0.717, 1.165) is 35.4 Å². The number of hydrazone groups is 1. The second-order valence-corrected chi connectivity index (χ2v) is 6.97. The second kappa shape index (κ2) is 8.25. The minimum Gasteiger partial charge on any atom is -0.493 e. The molecule has 1 atom stereocenters. The van der Waals surface area contributed by atoms with Gasteiger partial charge in [-0.1, -0.05) is 48.5 Å². The van der Waals surface area contributed by atoms with Crippen LogP contribution in [0.2, 0.25) is 0 Å². The largest absolute Gasteiger partial charge is 0.493 e. The monoisotopic (exact) mass is 377 g/mol. The molecule has 1 unspecified atom stereocenters. The predicted molar refractivity (Wildman–Crippen MR) is 106 cm³/mol. The van der Waals surface area contributed by atoms with Crippen molar-refractivity contribution in [3.05, 3.63) is 65.7 Å². The first-order valence-corrected chi connectivity index (χ1v) is 9.65. The highest BCUT2D eigenvalue weighted by molar-refractivity contribution is 6.02. The molecule has 2 amide bonds. The van der Waals surface area contributed by atoms with Crippen LogP contribution in [0.3, 0.4) is 0 Å². The van der Waals surface area contributed by atoms with E-state index in [9.17, 15) is 9.59 Å². The fourth-order valence-corrected chi connectivity index (χ4v) is 3.58. The third-order valence-electron chi connectivity index (χ3n) is 5.06. The highest BCUT2D eigenvalue weighted by Crippen LogP contribution is 2.31. The fraction of sp³-hybridized carbons (Fsp3) is 0.318. The summed E-state index contributed by atoms with van der Waals surface area (Å²) in [6.07, 6.45) is 1.78. The molecular weight excluding hydrogens is 354 g/mol. The van der Waals surface area contributed by atoms with Crippen molar-refractivity contribution in [3.63, 3.8) is 0 Å². The van der Waals surface area contributed by atoms with E-state index >= 15 is 0 Å². The Hall–Kier alpha value is -3.15. The average Bonchev–Trinajstić information content (AvgIpc) is 3.23. The zero-order valence-corrected chi connectivity index (χ0v) is 15.6. The molecule has 28 heavy (non-hydrogen) atoms. The van der Waals surface area contributed by atoms with Gasteiger partial charge >= 0.3 is 0 Å². The van der Waals surface area contributed by atoms with Gasteiger partial charge in [0.1, 0.15) is 5.75 Å². The van der Waals surface area contributed by atoms with Crippen LogP contribution in [0.4, 0.5) is 0 Å². The maximum atomic E-state index is 12.4. The third kappa shape index (κ3) is 4.06. The number of hydrogen-bond acceptors (Lipinski definition) is 4. The summed E-state index contributed by atoms with van der Waals surface area (Å²) in [5, 5.41) is 8.95. The standard InChI is InChI=1S/C22H23N3O3/c26-21(23-19-13-15-28-20-9-5-4-8-17(19)20)10-11-22(27)25-14-12-18(24-25)16-6-2-1-3-7-16/h1-9,19H,10-15H2,(H,23,26). The Morgan fingerprint density at radius 3 is 2.71 bits per heavy atom. The van der Waals surface area contributed by atoms with Crippen LogP contribution in [0.1, 0.15) is 42.9 Å². The normalized spacial score (nSPS) is 18.1. The topological polar surface area (TPSA) is 71.0 Å². The maximum Gasteiger partial charge on any atom is 0.243 e. The molecule has 0 aliphatic carbocycles. The van der Waals surface area contributed by atoms with Gasteiger partial charge in [0, 0.05) is 31.2 Å². The molecule has 6 heteroatoms. The Kier molecular flexibility index (Phi) is 5.37. The summed E-state index contributed by atoms with van der Waals surface area (Å²) in [5.74, 6) is 0.574. The summed E-state index contributed by atoms with van der Waals surface area (Å²) in [7, 11) is 0. The number of carbonyl (C=O) groups excluding carboxylic acids is 2. The van der Waals surface area contributed by atoms with Gasteiger partial charge < -0.3 is 10.1 Å². The van der Waals surface area contributed by atoms with E-state index < -0.39 is 0 Å². The number of nitrogens with one attached hydrogen (secondary N) is 1. The molecule has 2 aliphatic heterocycles. The van der Waals surface area contributed by atoms with Crippen molar-refractivity contribution in [2.24, 2.45) is 5.10 Å². The van der Waals surface area contributed by atoms with Crippen LogP contribution < -0.4 is 10.1 Å². The van der Waals surface area contributed by atoms with Crippen LogP contribution in [-0.2, 0) is 9.59 Å². The van der Waals surface area contributed by atoms with E-state index in [-0.39, 0.29) is 30.7 Å². The quantitative estimate of drug-likeness (QED) is 0.871. The molecule has 0 saturated heterocycles. The number of fused-ring (bicyclic) bond motifs is 1. The average molecular weight is 377 g/mol. The van der Waals surface area contributed by atoms with Crippen molar-refractivity contribution in [2.75, 3.05) is 13.2 Å². The summed E-state index contributed by atoms with van der Waals surface area (Å²) in [4.78, 5) is 24.8. The molecule has 0 radical (unpaired) electrons. The van der Waals surface area contributed by atoms with E-state index in [1.165, 1.54) is 5.01 Å². The van der Waals surface area contributed by atoms with Crippen LogP contribution >= 0.6 is 0 Å². The number of benzene rings is 2. The van der Waals surface area contributed by atoms with Gasteiger partial charge in [-0.2, -0.15) is 5.10 Å². The van der Waals surface area contributed by atoms with Gasteiger partial charge in [0.15, 0.2) is 0 Å². The third-order valence-corrected chi connectivity index (χ3v) is 5.06. The lowest BCUT2D eigenvalue weighted by Gasteiger charge is -2.26. The molecule has 4 rings (SSSR count). The summed E-state index contributed by atoms with van der Waals surface area (Å²) in [6, 6.07) is 17.5. The second-order valence-electron chi connectivity index (χ2n) is 6.97. The number of ether oxygens (including phenoxy) is 1. The predicted octanol–water partition coefficient (Wildman–Crippen LogP) is 3.04. The Balaban J connectivity index is 1.30. The van der Waals surface area contributed by atoms with Gasteiger partial charge in [-0.3, -0.25) is 9.59 Å². The first-order chi connectivity index (χ1) is 13.7. The van der Waals surface area contributed by atoms with Gasteiger partial charge in [-0.05, 0) is 11.6 Å². The van der Waals surface area contributed by atoms with Gasteiger partial charge in [0.25, 0.3) is 0 Å². The molecule has 0 fully saturated rings. The van der Waals surface area contributed by atoms with Crippen molar-refractivity contribution in [2.45, 2.75) is 31.7 Å². The van der Waals surface area contributed by atoms with Crippen LogP contribution in [0, 0.1) is 0 Å². The Morgan fingerprint density at radius 1 is 1.07 bits per heavy atom. The molecule has 0 saturated carbocycles. The Morgan fingerprint density at radius 2 is 1.86 bits per heavy atom. The van der Waals surface area contributed by atoms with Gasteiger partial charge in [0.05, 0.1) is 24.9 Å². The molecule has 2 aromatic carbocycles. The molecule has 1 N–H and O–H groups in total. The molecule has 0 bridgehead atoms. The molecule has 0 aromatic heterocycles. The van der Waals surface area contributed by atoms with Crippen molar-refractivity contribution in [1.82, 2.24) is 10.3 Å². The lowest BCUT2D eigenvalue weighted by atomic mass is 10.0. The number of para-hydroxylation sites is 1. The maximum absolute atomic E-state index is 12.4. The minimum absolute atomic E-state index is 0.0676. The highest BCUT2D eigenvalue weighted by Gasteiger charge is 2.24. The van der Waals surface area contributed by atoms with E-state index in [2.05, 4.69) is 10.4 Å². The lowest BCUT2D eigenvalue weighted by molar-refractivity contribution is -0.133. The van der Waals surface area contributed by atoms with Gasteiger partial charge in [0.2, 0.25) is 11.8 Å². The van der Waals surface area contributed by atoms with Crippen molar-refractivity contribution in [1.29, 1.82) is 0 Å². The summed E-state index contributed by atoms with van der Waals surface area (Å²) >= 11 is 0. The molecular formula is C22H23N3O3. The Bertz CT molecular complexity index is 895. The van der Waals surface area contributed by atoms with Crippen molar-refractivity contribution < 1.29 is 14.3 Å². The zero-order valence-electron chi connectivity index (χ0n) is 15.6. The molecule has 0 spiro atoms. The number of rotatable bonds is 5. The van der Waals surface area contributed by atoms with E-state index in [1.54, 1.807) is 0 Å². The van der Waals surface area contributed by atoms with Crippen molar-refractivity contribution in [3.8, 4) is 5.75 Å². The molecule has 2 aromatic rings. The zero-order chi connectivity index (χ0) is 19.3. The highest BCUT2D eigenvalue weighted by atomic mass is 16.5. The molecule has 2 aliphatic rings. The first kappa shape index (κ1) is 18.2. The van der Waals surface area contributed by atoms with E-state index in [4.69, 9.17) is 4.74 Å². The molecule has 2 heterocycles. The van der Waals surface area contributed by atoms with Crippen molar-refractivity contribution >= 4 is 17.5 Å². The van der Waals surface area contributed by atoms with Gasteiger partial charge in [-0.25, -0.2) is 5.01 Å². The van der Waals surface area contributed by atoms with Crippen LogP contribution in [0.25, 0.3) is 0 Å². The SMILES string of the molecule is O=C(CCC(=O)N1CCC(c2ccccc2)=N1)NC1CCOc2ccccc21. The summed E-state index contributed by atoms with van der Waals surface area (Å²) < 4.78 is 5.62. The Labute approximate surface area is 164 Å². The van der Waals surface area contributed by atoms with E-state index in [0.29, 0.717) is 13.2 Å². The lowest BCUT2D eigenvalue weighted by Crippen LogP contribution is -2.33. The van der Waals surface area contributed by atoms with Gasteiger partial charge in [-0.15, -0.1) is 0 Å². The van der Waals surface area contributed by atoms with Crippen LogP contribution in [-0.4, -0.2) is 35.7 Å². The smallest absolute Gasteiger partial charge is 0.243 e. The summed E-state index contributed by atoms with van der Waals surface area (Å²) in [5.41, 5.74) is 2.94. The fourth-order valence-electron chi connectivity index (χ4n) is 3.58. The van der Waals surface area contributed by atoms with Crippen LogP contribution in [0.5, 0.6) is 5.75 Å². The van der Waals surface area contributed by atoms with E-state index in [1.807, 2.05) is 54.6 Å². The number of carbonyl (C=O) groups is 2. The minimum atomic E-state index is -0.124. The van der Waals surface area contributed by atoms with Crippen LogP contribution in [0.15, 0.2) is 59.7 Å². The number of hydrogen-bond donors (Lipinski definition) is 1. The first-order valence-electron chi connectivity index (χ1n) is 9.65. The molecule has 6 nitrogen and oxygen atoms in total. The summed E-state index contributed by atoms with van der Waals surface area (Å²) in [6.45, 7) is 1.14. The number of amides is 2.